The average molecular weight is 409 g/mol. The molecule has 1 N–H and O–H groups in total. The Labute approximate surface area is 161 Å². The van der Waals surface area contributed by atoms with Gasteiger partial charge in [0.2, 0.25) is 20.0 Å². The number of nitrogens with zero attached hydrogens (tertiary/aromatic N) is 1. The molecule has 27 heavy (non-hydrogen) atoms. The van der Waals surface area contributed by atoms with Gasteiger partial charge in [-0.1, -0.05) is 30.3 Å². The first-order chi connectivity index (χ1) is 12.9. The number of anilines is 1. The fraction of sp³-hybridized carbons (Fsp3) is 0.368. The van der Waals surface area contributed by atoms with Crippen molar-refractivity contribution in [3.05, 3.63) is 60.2 Å². The van der Waals surface area contributed by atoms with E-state index in [-0.39, 0.29) is 10.6 Å². The van der Waals surface area contributed by atoms with Crippen molar-refractivity contribution in [3.8, 4) is 0 Å². The van der Waals surface area contributed by atoms with Gasteiger partial charge in [-0.2, -0.15) is 0 Å². The van der Waals surface area contributed by atoms with E-state index in [4.69, 9.17) is 0 Å². The van der Waals surface area contributed by atoms with Crippen molar-refractivity contribution in [2.24, 2.45) is 0 Å². The predicted molar refractivity (Wildman–Crippen MR) is 107 cm³/mol. The molecule has 0 amide bonds. The lowest BCUT2D eigenvalue weighted by Gasteiger charge is -2.28. The minimum atomic E-state index is -3.61. The second-order valence-corrected chi connectivity index (χ2v) is 10.4. The van der Waals surface area contributed by atoms with E-state index in [1.807, 2.05) is 30.3 Å². The minimum absolute atomic E-state index is 0.135. The number of sulfonamides is 2. The molecule has 0 aromatic heterocycles. The highest BCUT2D eigenvalue weighted by atomic mass is 32.2. The van der Waals surface area contributed by atoms with E-state index < -0.39 is 20.0 Å². The third-order valence-corrected chi connectivity index (χ3v) is 7.91. The van der Waals surface area contributed by atoms with Crippen LogP contribution in [-0.2, 0) is 26.5 Å². The predicted octanol–water partition coefficient (Wildman–Crippen LogP) is 2.53. The maximum Gasteiger partial charge on any atom is 0.240 e. The van der Waals surface area contributed by atoms with Gasteiger partial charge in [-0.05, 0) is 55.5 Å². The van der Waals surface area contributed by atoms with Gasteiger partial charge in [-0.15, -0.1) is 0 Å². The summed E-state index contributed by atoms with van der Waals surface area (Å²) in [5.41, 5.74) is 1.68. The van der Waals surface area contributed by atoms with Crippen LogP contribution in [-0.4, -0.2) is 35.7 Å². The Morgan fingerprint density at radius 3 is 2.33 bits per heavy atom. The number of aryl methyl sites for hydroxylation is 1. The number of benzene rings is 2. The summed E-state index contributed by atoms with van der Waals surface area (Å²) >= 11 is 0. The molecular weight excluding hydrogens is 384 g/mol. The van der Waals surface area contributed by atoms with Gasteiger partial charge in [-0.25, -0.2) is 21.6 Å². The molecule has 1 saturated heterocycles. The molecule has 1 aliphatic heterocycles. The largest absolute Gasteiger partial charge is 0.270 e. The summed E-state index contributed by atoms with van der Waals surface area (Å²) in [6.45, 7) is 0.783. The fourth-order valence-electron chi connectivity index (χ4n) is 3.10. The smallest absolute Gasteiger partial charge is 0.240 e. The Balaban J connectivity index is 1.60. The van der Waals surface area contributed by atoms with Crippen LogP contribution in [0.1, 0.15) is 24.8 Å². The van der Waals surface area contributed by atoms with Crippen molar-refractivity contribution in [2.45, 2.75) is 30.6 Å². The van der Waals surface area contributed by atoms with E-state index in [0.717, 1.165) is 12.8 Å². The highest BCUT2D eigenvalue weighted by Gasteiger charge is 2.26. The topological polar surface area (TPSA) is 83.6 Å². The van der Waals surface area contributed by atoms with E-state index in [1.165, 1.54) is 22.0 Å². The van der Waals surface area contributed by atoms with Gasteiger partial charge in [0.05, 0.1) is 16.3 Å². The molecule has 0 saturated carbocycles. The molecule has 1 aliphatic rings. The van der Waals surface area contributed by atoms with Crippen LogP contribution in [0.4, 0.5) is 5.69 Å². The standard InChI is InChI=1S/C19H24N2O4S2/c22-26(23)16-5-4-15-21(26)18-10-12-19(13-11-18)27(24,25)20-14-6-9-17-7-2-1-3-8-17/h1-3,7-8,10-13,20H,4-6,9,14-16H2. The van der Waals surface area contributed by atoms with Crippen molar-refractivity contribution in [1.29, 1.82) is 0 Å². The molecule has 6 nitrogen and oxygen atoms in total. The first-order valence-corrected chi connectivity index (χ1v) is 12.1. The lowest BCUT2D eigenvalue weighted by Crippen LogP contribution is -2.37. The lowest BCUT2D eigenvalue weighted by molar-refractivity contribution is 0.574. The second kappa shape index (κ2) is 8.41. The SMILES string of the molecule is O=S(=O)(NCCCc1ccccc1)c1ccc(N2CCCCS2(=O)=O)cc1. The zero-order valence-electron chi connectivity index (χ0n) is 15.0. The summed E-state index contributed by atoms with van der Waals surface area (Å²) in [6.07, 6.45) is 2.98. The molecule has 1 heterocycles. The Bertz CT molecular complexity index is 957. The van der Waals surface area contributed by atoms with Gasteiger partial charge < -0.3 is 0 Å². The molecule has 1 fully saturated rings. The van der Waals surface area contributed by atoms with E-state index in [2.05, 4.69) is 4.72 Å². The zero-order valence-corrected chi connectivity index (χ0v) is 16.7. The number of rotatable bonds is 7. The molecular formula is C19H24N2O4S2. The molecule has 0 atom stereocenters. The summed E-state index contributed by atoms with van der Waals surface area (Å²) in [6, 6.07) is 15.9. The highest BCUT2D eigenvalue weighted by Crippen LogP contribution is 2.24. The van der Waals surface area contributed by atoms with Gasteiger partial charge in [0, 0.05) is 13.1 Å². The van der Waals surface area contributed by atoms with E-state index in [9.17, 15) is 16.8 Å². The Kier molecular flexibility index (Phi) is 6.18. The fourth-order valence-corrected chi connectivity index (χ4v) is 5.81. The van der Waals surface area contributed by atoms with Crippen LogP contribution in [0.3, 0.4) is 0 Å². The van der Waals surface area contributed by atoms with E-state index in [1.54, 1.807) is 12.1 Å². The Morgan fingerprint density at radius 1 is 0.963 bits per heavy atom. The van der Waals surface area contributed by atoms with E-state index >= 15 is 0 Å². The molecule has 8 heteroatoms. The quantitative estimate of drug-likeness (QED) is 0.714. The average Bonchev–Trinajstić information content (AvgIpc) is 2.66. The molecule has 3 rings (SSSR count). The summed E-state index contributed by atoms with van der Waals surface area (Å²) in [5.74, 6) is 0.135. The van der Waals surface area contributed by atoms with Crippen LogP contribution in [0.15, 0.2) is 59.5 Å². The van der Waals surface area contributed by atoms with Crippen LogP contribution in [0.2, 0.25) is 0 Å². The van der Waals surface area contributed by atoms with Crippen molar-refractivity contribution in [1.82, 2.24) is 4.72 Å². The highest BCUT2D eigenvalue weighted by molar-refractivity contribution is 7.92. The normalized spacial score (nSPS) is 17.0. The molecule has 0 spiro atoms. The summed E-state index contributed by atoms with van der Waals surface area (Å²) in [7, 11) is -6.91. The monoisotopic (exact) mass is 408 g/mol. The number of hydrogen-bond donors (Lipinski definition) is 1. The van der Waals surface area contributed by atoms with Crippen molar-refractivity contribution < 1.29 is 16.8 Å². The first-order valence-electron chi connectivity index (χ1n) is 9.03. The van der Waals surface area contributed by atoms with Crippen LogP contribution >= 0.6 is 0 Å². The van der Waals surface area contributed by atoms with Crippen LogP contribution in [0.25, 0.3) is 0 Å². The van der Waals surface area contributed by atoms with Gasteiger partial charge >= 0.3 is 0 Å². The van der Waals surface area contributed by atoms with Gasteiger partial charge in [0.25, 0.3) is 0 Å². The molecule has 2 aromatic carbocycles. The molecule has 0 bridgehead atoms. The zero-order chi connectivity index (χ0) is 19.3. The van der Waals surface area contributed by atoms with Crippen molar-refractivity contribution in [3.63, 3.8) is 0 Å². The van der Waals surface area contributed by atoms with Gasteiger partial charge in [0.15, 0.2) is 0 Å². The van der Waals surface area contributed by atoms with Crippen LogP contribution < -0.4 is 9.03 Å². The molecule has 2 aromatic rings. The third kappa shape index (κ3) is 5.09. The number of hydrogen-bond acceptors (Lipinski definition) is 4. The van der Waals surface area contributed by atoms with Gasteiger partial charge in [-0.3, -0.25) is 4.31 Å². The lowest BCUT2D eigenvalue weighted by atomic mass is 10.1. The maximum atomic E-state index is 12.4. The van der Waals surface area contributed by atoms with E-state index in [0.29, 0.717) is 31.6 Å². The summed E-state index contributed by atoms with van der Waals surface area (Å²) in [5, 5.41) is 0. The molecule has 0 unspecified atom stereocenters. The minimum Gasteiger partial charge on any atom is -0.270 e. The summed E-state index contributed by atoms with van der Waals surface area (Å²) < 4.78 is 53.1. The molecule has 0 radical (unpaired) electrons. The Morgan fingerprint density at radius 2 is 1.67 bits per heavy atom. The van der Waals surface area contributed by atoms with Crippen LogP contribution in [0, 0.1) is 0 Å². The second-order valence-electron chi connectivity index (χ2n) is 6.58. The van der Waals surface area contributed by atoms with Crippen molar-refractivity contribution >= 4 is 25.7 Å². The molecule has 0 aliphatic carbocycles. The first kappa shape index (κ1) is 19.9. The third-order valence-electron chi connectivity index (χ3n) is 4.56. The molecule has 146 valence electrons. The maximum absolute atomic E-state index is 12.4. The van der Waals surface area contributed by atoms with Crippen molar-refractivity contribution in [2.75, 3.05) is 23.1 Å². The van der Waals surface area contributed by atoms with Crippen LogP contribution in [0.5, 0.6) is 0 Å². The number of nitrogens with one attached hydrogen (secondary N) is 1. The summed E-state index contributed by atoms with van der Waals surface area (Å²) in [4.78, 5) is 0.139. The van der Waals surface area contributed by atoms with Gasteiger partial charge in [0.1, 0.15) is 0 Å². The Hall–Kier alpha value is -1.90.